The molecule has 0 amide bonds. The van der Waals surface area contributed by atoms with Gasteiger partial charge in [0.05, 0.1) is 22.4 Å². The van der Waals surface area contributed by atoms with Crippen molar-refractivity contribution in [2.24, 2.45) is 0 Å². The lowest BCUT2D eigenvalue weighted by molar-refractivity contribution is -0.384. The first-order chi connectivity index (χ1) is 9.77. The zero-order valence-corrected chi connectivity index (χ0v) is 10.3. The van der Waals surface area contributed by atoms with Gasteiger partial charge in [0, 0.05) is 12.3 Å². The normalized spacial score (nSPS) is 11.2. The molecule has 0 spiro atoms. The summed E-state index contributed by atoms with van der Waals surface area (Å²) in [4.78, 5) is 17.1. The molecule has 2 aromatic rings. The van der Waals surface area contributed by atoms with Crippen molar-refractivity contribution in [2.75, 3.05) is 11.1 Å². The van der Waals surface area contributed by atoms with Gasteiger partial charge in [0.1, 0.15) is 5.82 Å². The minimum absolute atomic E-state index is 0.232. The minimum atomic E-state index is -4.71. The van der Waals surface area contributed by atoms with Crippen LogP contribution in [0.25, 0.3) is 0 Å². The third-order valence-corrected chi connectivity index (χ3v) is 2.44. The van der Waals surface area contributed by atoms with E-state index in [0.29, 0.717) is 18.0 Å². The van der Waals surface area contributed by atoms with Crippen LogP contribution in [0.3, 0.4) is 0 Å². The van der Waals surface area contributed by atoms with Crippen molar-refractivity contribution in [1.29, 1.82) is 0 Å². The van der Waals surface area contributed by atoms with Crippen molar-refractivity contribution in [3.05, 3.63) is 46.3 Å². The number of nitro groups is 1. The summed E-state index contributed by atoms with van der Waals surface area (Å²) in [6, 6.07) is 3.31. The Bertz CT molecular complexity index is 673. The zero-order chi connectivity index (χ0) is 15.6. The standard InChI is InChI=1S/C11H8F3N5O2/c12-11(13,14)6-3-8(19(20)21)10(17-4-6)18-7-1-2-9(15)16-5-7/h1-5H,(H2,15,16)(H,17,18). The number of pyridine rings is 2. The number of aromatic nitrogens is 2. The number of nitrogens with two attached hydrogens (primary N) is 1. The van der Waals surface area contributed by atoms with Crippen LogP contribution in [0, 0.1) is 10.1 Å². The molecule has 2 rings (SSSR count). The van der Waals surface area contributed by atoms with Crippen molar-refractivity contribution in [3.63, 3.8) is 0 Å². The quantitative estimate of drug-likeness (QED) is 0.666. The first kappa shape index (κ1) is 14.5. The van der Waals surface area contributed by atoms with E-state index in [4.69, 9.17) is 5.73 Å². The van der Waals surface area contributed by atoms with Crippen LogP contribution in [-0.4, -0.2) is 14.9 Å². The predicted octanol–water partition coefficient (Wildman–Crippen LogP) is 2.73. The average molecular weight is 299 g/mol. The summed E-state index contributed by atoms with van der Waals surface area (Å²) in [5, 5.41) is 13.4. The van der Waals surface area contributed by atoms with Crippen molar-refractivity contribution < 1.29 is 18.1 Å². The number of rotatable bonds is 3. The van der Waals surface area contributed by atoms with E-state index < -0.39 is 22.4 Å². The summed E-state index contributed by atoms with van der Waals surface area (Å²) in [6.07, 6.45) is -2.92. The SMILES string of the molecule is Nc1ccc(Nc2ncc(C(F)(F)F)cc2[N+](=O)[O-])cn1. The molecular weight excluding hydrogens is 291 g/mol. The van der Waals surface area contributed by atoms with Crippen LogP contribution >= 0.6 is 0 Å². The number of hydrogen-bond donors (Lipinski definition) is 2. The average Bonchev–Trinajstić information content (AvgIpc) is 2.40. The van der Waals surface area contributed by atoms with Crippen molar-refractivity contribution in [2.45, 2.75) is 6.18 Å². The third-order valence-electron chi connectivity index (χ3n) is 2.44. The summed E-state index contributed by atoms with van der Waals surface area (Å²) >= 11 is 0. The molecule has 0 aliphatic heterocycles. The molecule has 0 fully saturated rings. The van der Waals surface area contributed by atoms with Crippen molar-refractivity contribution in [1.82, 2.24) is 9.97 Å². The Hall–Kier alpha value is -2.91. The van der Waals surface area contributed by atoms with E-state index in [0.717, 1.165) is 0 Å². The number of nitrogens with zero attached hydrogens (tertiary/aromatic N) is 3. The van der Waals surface area contributed by atoms with Crippen LogP contribution < -0.4 is 11.1 Å². The molecule has 0 saturated carbocycles. The zero-order valence-electron chi connectivity index (χ0n) is 10.3. The topological polar surface area (TPSA) is 107 Å². The van der Waals surface area contributed by atoms with Gasteiger partial charge in [-0.15, -0.1) is 0 Å². The van der Waals surface area contributed by atoms with Gasteiger partial charge in [0.25, 0.3) is 0 Å². The Balaban J connectivity index is 2.39. The van der Waals surface area contributed by atoms with Gasteiger partial charge in [-0.25, -0.2) is 9.97 Å². The molecule has 0 atom stereocenters. The Morgan fingerprint density at radius 2 is 1.95 bits per heavy atom. The fraction of sp³-hybridized carbons (Fsp3) is 0.0909. The van der Waals surface area contributed by atoms with Gasteiger partial charge < -0.3 is 11.1 Å². The Morgan fingerprint density at radius 3 is 2.48 bits per heavy atom. The fourth-order valence-electron chi connectivity index (χ4n) is 1.46. The molecule has 0 unspecified atom stereocenters. The molecule has 2 aromatic heterocycles. The van der Waals surface area contributed by atoms with Gasteiger partial charge in [-0.2, -0.15) is 13.2 Å². The van der Waals surface area contributed by atoms with Crippen LogP contribution in [0.15, 0.2) is 30.6 Å². The molecule has 0 aliphatic rings. The highest BCUT2D eigenvalue weighted by molar-refractivity contribution is 5.65. The maximum Gasteiger partial charge on any atom is 0.418 e. The molecule has 21 heavy (non-hydrogen) atoms. The maximum absolute atomic E-state index is 12.5. The molecule has 0 saturated heterocycles. The Morgan fingerprint density at radius 1 is 1.24 bits per heavy atom. The molecule has 3 N–H and O–H groups in total. The summed E-state index contributed by atoms with van der Waals surface area (Å²) in [5.41, 5.74) is 3.69. The van der Waals surface area contributed by atoms with Gasteiger partial charge in [-0.1, -0.05) is 0 Å². The van der Waals surface area contributed by atoms with Crippen molar-refractivity contribution in [3.8, 4) is 0 Å². The number of anilines is 3. The van der Waals surface area contributed by atoms with E-state index in [2.05, 4.69) is 15.3 Å². The highest BCUT2D eigenvalue weighted by Gasteiger charge is 2.33. The van der Waals surface area contributed by atoms with E-state index >= 15 is 0 Å². The van der Waals surface area contributed by atoms with Gasteiger partial charge in [0.2, 0.25) is 5.82 Å². The first-order valence-corrected chi connectivity index (χ1v) is 5.47. The van der Waals surface area contributed by atoms with Crippen LogP contribution in [0.2, 0.25) is 0 Å². The Kier molecular flexibility index (Phi) is 3.61. The van der Waals surface area contributed by atoms with Gasteiger partial charge in [-0.3, -0.25) is 10.1 Å². The van der Waals surface area contributed by atoms with Crippen molar-refractivity contribution >= 4 is 23.0 Å². The number of hydrogen-bond acceptors (Lipinski definition) is 6. The smallest absolute Gasteiger partial charge is 0.384 e. The van der Waals surface area contributed by atoms with Crippen LogP contribution in [-0.2, 0) is 6.18 Å². The lowest BCUT2D eigenvalue weighted by Gasteiger charge is -2.09. The van der Waals surface area contributed by atoms with E-state index in [9.17, 15) is 23.3 Å². The van der Waals surface area contributed by atoms with Crippen LogP contribution in [0.1, 0.15) is 5.56 Å². The Labute approximate surface area is 115 Å². The number of halogens is 3. The monoisotopic (exact) mass is 299 g/mol. The largest absolute Gasteiger partial charge is 0.418 e. The third kappa shape index (κ3) is 3.35. The number of nitrogen functional groups attached to an aromatic ring is 1. The molecule has 0 radical (unpaired) electrons. The fourth-order valence-corrected chi connectivity index (χ4v) is 1.46. The van der Waals surface area contributed by atoms with E-state index in [-0.39, 0.29) is 11.6 Å². The summed E-state index contributed by atoms with van der Waals surface area (Å²) in [5.74, 6) is -0.0880. The van der Waals surface area contributed by atoms with E-state index in [1.807, 2.05) is 0 Å². The minimum Gasteiger partial charge on any atom is -0.384 e. The van der Waals surface area contributed by atoms with Gasteiger partial charge >= 0.3 is 11.9 Å². The molecule has 2 heterocycles. The summed E-state index contributed by atoms with van der Waals surface area (Å²) < 4.78 is 37.6. The molecule has 10 heteroatoms. The molecule has 0 bridgehead atoms. The molecule has 7 nitrogen and oxygen atoms in total. The maximum atomic E-state index is 12.5. The second kappa shape index (κ2) is 5.23. The molecule has 0 aromatic carbocycles. The summed E-state index contributed by atoms with van der Waals surface area (Å²) in [6.45, 7) is 0. The van der Waals surface area contributed by atoms with Crippen LogP contribution in [0.4, 0.5) is 36.2 Å². The second-order valence-electron chi connectivity index (χ2n) is 3.94. The highest BCUT2D eigenvalue weighted by Crippen LogP contribution is 2.34. The van der Waals surface area contributed by atoms with Gasteiger partial charge in [-0.05, 0) is 12.1 Å². The highest BCUT2D eigenvalue weighted by atomic mass is 19.4. The number of alkyl halides is 3. The number of nitrogens with one attached hydrogen (secondary N) is 1. The van der Waals surface area contributed by atoms with Crippen LogP contribution in [0.5, 0.6) is 0 Å². The molecule has 110 valence electrons. The summed E-state index contributed by atoms with van der Waals surface area (Å²) in [7, 11) is 0. The second-order valence-corrected chi connectivity index (χ2v) is 3.94. The van der Waals surface area contributed by atoms with E-state index in [1.54, 1.807) is 0 Å². The van der Waals surface area contributed by atoms with Gasteiger partial charge in [0.15, 0.2) is 0 Å². The first-order valence-electron chi connectivity index (χ1n) is 5.47. The lowest BCUT2D eigenvalue weighted by Crippen LogP contribution is -2.08. The lowest BCUT2D eigenvalue weighted by atomic mass is 10.2. The molecular formula is C11H8F3N5O2. The van der Waals surface area contributed by atoms with E-state index in [1.165, 1.54) is 18.3 Å². The predicted molar refractivity (Wildman–Crippen MR) is 67.8 cm³/mol. The molecule has 0 aliphatic carbocycles.